The number of benzene rings is 1. The van der Waals surface area contributed by atoms with Crippen LogP contribution in [0.2, 0.25) is 0 Å². The summed E-state index contributed by atoms with van der Waals surface area (Å²) in [7, 11) is 0. The summed E-state index contributed by atoms with van der Waals surface area (Å²) >= 11 is 0. The number of nitrogens with one attached hydrogen (secondary N) is 2. The van der Waals surface area contributed by atoms with Crippen LogP contribution in [0, 0.1) is 18.8 Å². The molecule has 0 bridgehead atoms. The van der Waals surface area contributed by atoms with Gasteiger partial charge in [0.1, 0.15) is 0 Å². The summed E-state index contributed by atoms with van der Waals surface area (Å²) in [6.45, 7) is 4.97. The SMILES string of the molecule is CCNC(=O)CCNC(=O)c1ccc(C#CCN)c(C)c1. The Kier molecular flexibility index (Phi) is 6.99. The number of carbonyl (C=O) groups is 2. The highest BCUT2D eigenvalue weighted by Crippen LogP contribution is 2.10. The first-order valence-electron chi connectivity index (χ1n) is 6.93. The molecule has 1 aromatic carbocycles. The largest absolute Gasteiger partial charge is 0.356 e. The highest BCUT2D eigenvalue weighted by atomic mass is 16.2. The van der Waals surface area contributed by atoms with Gasteiger partial charge in [-0.3, -0.25) is 9.59 Å². The molecular formula is C16H21N3O2. The molecule has 0 aliphatic rings. The van der Waals surface area contributed by atoms with Crippen LogP contribution in [0.25, 0.3) is 0 Å². The maximum atomic E-state index is 12.0. The third kappa shape index (κ3) is 5.67. The average molecular weight is 287 g/mol. The van der Waals surface area contributed by atoms with E-state index in [1.807, 2.05) is 13.8 Å². The predicted octanol–water partition coefficient (Wildman–Crippen LogP) is 0.561. The summed E-state index contributed by atoms with van der Waals surface area (Å²) in [4.78, 5) is 23.2. The van der Waals surface area contributed by atoms with E-state index >= 15 is 0 Å². The fourth-order valence-electron chi connectivity index (χ4n) is 1.77. The molecule has 21 heavy (non-hydrogen) atoms. The Morgan fingerprint density at radius 1 is 1.29 bits per heavy atom. The molecule has 0 fully saturated rings. The van der Waals surface area contributed by atoms with Gasteiger partial charge in [0.25, 0.3) is 5.91 Å². The Bertz CT molecular complexity index is 571. The maximum Gasteiger partial charge on any atom is 0.251 e. The minimum atomic E-state index is -0.194. The Labute approximate surface area is 125 Å². The van der Waals surface area contributed by atoms with E-state index in [-0.39, 0.29) is 18.2 Å². The third-order valence-electron chi connectivity index (χ3n) is 2.83. The second-order valence-electron chi connectivity index (χ2n) is 4.50. The molecule has 0 atom stereocenters. The van der Waals surface area contributed by atoms with Crippen LogP contribution in [0.1, 0.15) is 34.8 Å². The molecule has 0 aromatic heterocycles. The van der Waals surface area contributed by atoms with Crippen molar-refractivity contribution < 1.29 is 9.59 Å². The van der Waals surface area contributed by atoms with E-state index < -0.39 is 0 Å². The summed E-state index contributed by atoms with van der Waals surface area (Å²) in [5.74, 6) is 5.47. The van der Waals surface area contributed by atoms with Gasteiger partial charge in [0.05, 0.1) is 6.54 Å². The normalized spacial score (nSPS) is 9.48. The van der Waals surface area contributed by atoms with Gasteiger partial charge in [-0.15, -0.1) is 0 Å². The second-order valence-corrected chi connectivity index (χ2v) is 4.50. The molecular weight excluding hydrogens is 266 g/mol. The monoisotopic (exact) mass is 287 g/mol. The summed E-state index contributed by atoms with van der Waals surface area (Å²) in [6.07, 6.45) is 0.276. The zero-order valence-electron chi connectivity index (χ0n) is 12.5. The van der Waals surface area contributed by atoms with Crippen molar-refractivity contribution in [1.29, 1.82) is 0 Å². The lowest BCUT2D eigenvalue weighted by molar-refractivity contribution is -0.120. The van der Waals surface area contributed by atoms with Crippen LogP contribution >= 0.6 is 0 Å². The van der Waals surface area contributed by atoms with Gasteiger partial charge < -0.3 is 16.4 Å². The molecule has 5 heteroatoms. The molecule has 2 amide bonds. The molecule has 0 unspecified atom stereocenters. The highest BCUT2D eigenvalue weighted by molar-refractivity contribution is 5.94. The van der Waals surface area contributed by atoms with Crippen LogP contribution < -0.4 is 16.4 Å². The molecule has 0 heterocycles. The Morgan fingerprint density at radius 2 is 2.05 bits per heavy atom. The van der Waals surface area contributed by atoms with E-state index in [0.29, 0.717) is 25.2 Å². The van der Waals surface area contributed by atoms with Crippen molar-refractivity contribution >= 4 is 11.8 Å². The molecule has 0 saturated heterocycles. The van der Waals surface area contributed by atoms with Crippen molar-refractivity contribution in [3.8, 4) is 11.8 Å². The summed E-state index contributed by atoms with van der Waals surface area (Å²) in [5, 5.41) is 5.40. The molecule has 0 radical (unpaired) electrons. The van der Waals surface area contributed by atoms with E-state index in [1.165, 1.54) is 0 Å². The van der Waals surface area contributed by atoms with E-state index in [2.05, 4.69) is 22.5 Å². The molecule has 0 saturated carbocycles. The van der Waals surface area contributed by atoms with E-state index in [0.717, 1.165) is 11.1 Å². The Balaban J connectivity index is 2.59. The molecule has 1 aromatic rings. The van der Waals surface area contributed by atoms with Crippen LogP contribution in [-0.4, -0.2) is 31.4 Å². The highest BCUT2D eigenvalue weighted by Gasteiger charge is 2.07. The van der Waals surface area contributed by atoms with Gasteiger partial charge in [0.2, 0.25) is 5.91 Å². The third-order valence-corrected chi connectivity index (χ3v) is 2.83. The standard InChI is InChI=1S/C16H21N3O2/c1-3-18-15(20)8-10-19-16(21)14-7-6-13(5-4-9-17)12(2)11-14/h6-7,11H,3,8-10,17H2,1-2H3,(H,18,20)(H,19,21). The topological polar surface area (TPSA) is 84.2 Å². The quantitative estimate of drug-likeness (QED) is 0.692. The van der Waals surface area contributed by atoms with E-state index in [1.54, 1.807) is 18.2 Å². The van der Waals surface area contributed by atoms with Gasteiger partial charge in [-0.25, -0.2) is 0 Å². The van der Waals surface area contributed by atoms with E-state index in [9.17, 15) is 9.59 Å². The lowest BCUT2D eigenvalue weighted by atomic mass is 10.0. The molecule has 0 aliphatic heterocycles. The minimum absolute atomic E-state index is 0.0682. The van der Waals surface area contributed by atoms with Crippen molar-refractivity contribution in [3.05, 3.63) is 34.9 Å². The van der Waals surface area contributed by atoms with E-state index in [4.69, 9.17) is 5.73 Å². The van der Waals surface area contributed by atoms with Gasteiger partial charge in [-0.05, 0) is 37.6 Å². The maximum absolute atomic E-state index is 12.0. The molecule has 0 spiro atoms. The van der Waals surface area contributed by atoms with Gasteiger partial charge >= 0.3 is 0 Å². The smallest absolute Gasteiger partial charge is 0.251 e. The summed E-state index contributed by atoms with van der Waals surface area (Å²) in [5.41, 5.74) is 7.68. The van der Waals surface area contributed by atoms with Crippen molar-refractivity contribution in [2.24, 2.45) is 5.73 Å². The second kappa shape index (κ2) is 8.77. The predicted molar refractivity (Wildman–Crippen MR) is 82.7 cm³/mol. The number of carbonyl (C=O) groups excluding carboxylic acids is 2. The van der Waals surface area contributed by atoms with Crippen molar-refractivity contribution in [2.75, 3.05) is 19.6 Å². The zero-order chi connectivity index (χ0) is 15.7. The van der Waals surface area contributed by atoms with Gasteiger partial charge in [-0.1, -0.05) is 11.8 Å². The number of aryl methyl sites for hydroxylation is 1. The zero-order valence-corrected chi connectivity index (χ0v) is 12.5. The Morgan fingerprint density at radius 3 is 2.67 bits per heavy atom. The molecule has 4 N–H and O–H groups in total. The first-order valence-corrected chi connectivity index (χ1v) is 6.93. The Hall–Kier alpha value is -2.32. The first-order chi connectivity index (χ1) is 10.1. The van der Waals surface area contributed by atoms with Gasteiger partial charge in [-0.2, -0.15) is 0 Å². The first kappa shape index (κ1) is 16.7. The summed E-state index contributed by atoms with van der Waals surface area (Å²) < 4.78 is 0. The number of hydrogen-bond donors (Lipinski definition) is 3. The van der Waals surface area contributed by atoms with Crippen molar-refractivity contribution in [2.45, 2.75) is 20.3 Å². The lowest BCUT2D eigenvalue weighted by Crippen LogP contribution is -2.30. The van der Waals surface area contributed by atoms with Crippen LogP contribution in [0.3, 0.4) is 0 Å². The number of nitrogens with two attached hydrogens (primary N) is 1. The number of amides is 2. The molecule has 5 nitrogen and oxygen atoms in total. The van der Waals surface area contributed by atoms with Crippen LogP contribution in [0.5, 0.6) is 0 Å². The molecule has 1 rings (SSSR count). The van der Waals surface area contributed by atoms with Crippen LogP contribution in [0.15, 0.2) is 18.2 Å². The molecule has 0 aliphatic carbocycles. The van der Waals surface area contributed by atoms with Gasteiger partial charge in [0.15, 0.2) is 0 Å². The van der Waals surface area contributed by atoms with Crippen molar-refractivity contribution in [3.63, 3.8) is 0 Å². The number of hydrogen-bond acceptors (Lipinski definition) is 3. The minimum Gasteiger partial charge on any atom is -0.356 e. The number of rotatable bonds is 5. The fourth-order valence-corrected chi connectivity index (χ4v) is 1.77. The fraction of sp³-hybridized carbons (Fsp3) is 0.375. The average Bonchev–Trinajstić information content (AvgIpc) is 2.46. The van der Waals surface area contributed by atoms with Crippen LogP contribution in [-0.2, 0) is 4.79 Å². The van der Waals surface area contributed by atoms with Gasteiger partial charge in [0, 0.05) is 30.6 Å². The van der Waals surface area contributed by atoms with Crippen molar-refractivity contribution in [1.82, 2.24) is 10.6 Å². The molecule has 112 valence electrons. The summed E-state index contributed by atoms with van der Waals surface area (Å²) in [6, 6.07) is 5.30. The lowest BCUT2D eigenvalue weighted by Gasteiger charge is -2.07. The van der Waals surface area contributed by atoms with Crippen LogP contribution in [0.4, 0.5) is 0 Å².